The summed E-state index contributed by atoms with van der Waals surface area (Å²) in [5.41, 5.74) is 5.72. The molecule has 0 atom stereocenters. The molecule has 0 bridgehead atoms. The highest BCUT2D eigenvalue weighted by Gasteiger charge is 2.08. The molecule has 0 saturated heterocycles. The van der Waals surface area contributed by atoms with Crippen molar-refractivity contribution in [2.75, 3.05) is 0 Å². The van der Waals surface area contributed by atoms with E-state index in [0.29, 0.717) is 0 Å². The van der Waals surface area contributed by atoms with Crippen LogP contribution in [0.15, 0.2) is 66.9 Å². The van der Waals surface area contributed by atoms with Crippen molar-refractivity contribution < 1.29 is 0 Å². The van der Waals surface area contributed by atoms with Crippen LogP contribution in [0, 0.1) is 13.0 Å². The smallest absolute Gasteiger partial charge is 0.0704 e. The summed E-state index contributed by atoms with van der Waals surface area (Å²) in [5, 5.41) is 0. The molecule has 3 aromatic rings. The fraction of sp³-hybridized carbons (Fsp3) is 0.0556. The van der Waals surface area contributed by atoms with E-state index in [4.69, 9.17) is 0 Å². The van der Waals surface area contributed by atoms with Gasteiger partial charge in [0.15, 0.2) is 0 Å². The maximum absolute atomic E-state index is 4.43. The average molecular weight is 244 g/mol. The van der Waals surface area contributed by atoms with Crippen LogP contribution >= 0.6 is 0 Å². The molecule has 19 heavy (non-hydrogen) atoms. The summed E-state index contributed by atoms with van der Waals surface area (Å²) >= 11 is 0. The Morgan fingerprint density at radius 1 is 0.895 bits per heavy atom. The molecule has 0 fully saturated rings. The quantitative estimate of drug-likeness (QED) is 0.645. The second-order valence-corrected chi connectivity index (χ2v) is 4.47. The second kappa shape index (κ2) is 5.07. The molecule has 0 unspecified atom stereocenters. The fourth-order valence-electron chi connectivity index (χ4n) is 2.28. The molecule has 1 nitrogen and oxygen atoms in total. The minimum absolute atomic E-state index is 1.01. The first-order valence-corrected chi connectivity index (χ1v) is 6.34. The van der Waals surface area contributed by atoms with Crippen LogP contribution in [0.3, 0.4) is 0 Å². The first-order valence-electron chi connectivity index (χ1n) is 6.34. The topological polar surface area (TPSA) is 12.9 Å². The number of nitrogens with zero attached hydrogens (tertiary/aromatic N) is 1. The standard InChI is InChI=1S/C18H14N/c1-14-16(15-8-3-2-4-9-15)10-7-11-17(14)18-12-5-6-13-19-18/h2-9,11-13H,1H3. The number of hydrogen-bond acceptors (Lipinski definition) is 1. The van der Waals surface area contributed by atoms with E-state index in [1.54, 1.807) is 0 Å². The first-order chi connectivity index (χ1) is 9.36. The van der Waals surface area contributed by atoms with Crippen LogP contribution in [0.1, 0.15) is 5.56 Å². The Hall–Kier alpha value is -2.41. The zero-order valence-corrected chi connectivity index (χ0v) is 10.8. The van der Waals surface area contributed by atoms with E-state index >= 15 is 0 Å². The number of rotatable bonds is 2. The Balaban J connectivity index is 2.15. The highest BCUT2D eigenvalue weighted by molar-refractivity contribution is 5.76. The van der Waals surface area contributed by atoms with Crippen LogP contribution in [-0.4, -0.2) is 4.98 Å². The minimum Gasteiger partial charge on any atom is -0.256 e. The number of hydrogen-bond donors (Lipinski definition) is 0. The van der Waals surface area contributed by atoms with E-state index in [1.165, 1.54) is 16.7 Å². The summed E-state index contributed by atoms with van der Waals surface area (Å²) < 4.78 is 0. The Labute approximate surface area is 113 Å². The van der Waals surface area contributed by atoms with Crippen molar-refractivity contribution in [1.29, 1.82) is 0 Å². The predicted octanol–water partition coefficient (Wildman–Crippen LogP) is 4.52. The maximum Gasteiger partial charge on any atom is 0.0704 e. The Bertz CT molecular complexity index is 615. The lowest BCUT2D eigenvalue weighted by molar-refractivity contribution is 1.30. The Kier molecular flexibility index (Phi) is 3.11. The molecule has 1 aromatic heterocycles. The molecule has 0 amide bonds. The maximum atomic E-state index is 4.43. The van der Waals surface area contributed by atoms with Gasteiger partial charge in [0.1, 0.15) is 0 Å². The SMILES string of the molecule is Cc1c(-c2ccccc2)[c]ccc1-c1ccccn1. The van der Waals surface area contributed by atoms with Crippen LogP contribution in [0.4, 0.5) is 0 Å². The normalized spacial score (nSPS) is 10.4. The summed E-state index contributed by atoms with van der Waals surface area (Å²) in [5.74, 6) is 0. The van der Waals surface area contributed by atoms with E-state index in [2.05, 4.69) is 48.3 Å². The molecule has 0 saturated carbocycles. The predicted molar refractivity (Wildman–Crippen MR) is 78.7 cm³/mol. The lowest BCUT2D eigenvalue weighted by Gasteiger charge is -2.10. The van der Waals surface area contributed by atoms with Gasteiger partial charge in [-0.1, -0.05) is 48.5 Å². The zero-order chi connectivity index (χ0) is 13.1. The van der Waals surface area contributed by atoms with Crippen LogP contribution in [0.5, 0.6) is 0 Å². The molecule has 1 heteroatoms. The zero-order valence-electron chi connectivity index (χ0n) is 10.8. The van der Waals surface area contributed by atoms with Gasteiger partial charge >= 0.3 is 0 Å². The molecule has 0 aliphatic rings. The molecule has 1 heterocycles. The molecule has 0 aliphatic heterocycles. The summed E-state index contributed by atoms with van der Waals surface area (Å²) in [6, 6.07) is 23.7. The Morgan fingerprint density at radius 2 is 1.68 bits per heavy atom. The van der Waals surface area contributed by atoms with Gasteiger partial charge < -0.3 is 0 Å². The van der Waals surface area contributed by atoms with Crippen molar-refractivity contribution >= 4 is 0 Å². The molecule has 1 radical (unpaired) electrons. The average Bonchev–Trinajstić information content (AvgIpc) is 2.49. The van der Waals surface area contributed by atoms with Gasteiger partial charge in [-0.05, 0) is 41.8 Å². The van der Waals surface area contributed by atoms with Gasteiger partial charge in [0.2, 0.25) is 0 Å². The third-order valence-electron chi connectivity index (χ3n) is 3.26. The molecule has 3 rings (SSSR count). The molecule has 0 N–H and O–H groups in total. The van der Waals surface area contributed by atoms with Crippen molar-refractivity contribution in [3.8, 4) is 22.4 Å². The first kappa shape index (κ1) is 11.7. The van der Waals surface area contributed by atoms with Crippen LogP contribution in [0.2, 0.25) is 0 Å². The number of pyridine rings is 1. The van der Waals surface area contributed by atoms with Gasteiger partial charge in [0, 0.05) is 11.8 Å². The van der Waals surface area contributed by atoms with Crippen LogP contribution in [-0.2, 0) is 0 Å². The fourth-order valence-corrected chi connectivity index (χ4v) is 2.28. The second-order valence-electron chi connectivity index (χ2n) is 4.47. The molecule has 91 valence electrons. The van der Waals surface area contributed by atoms with Crippen LogP contribution in [0.25, 0.3) is 22.4 Å². The summed E-state index contributed by atoms with van der Waals surface area (Å²) in [7, 11) is 0. The third kappa shape index (κ3) is 2.27. The minimum atomic E-state index is 1.01. The monoisotopic (exact) mass is 244 g/mol. The van der Waals surface area contributed by atoms with Crippen molar-refractivity contribution in [3.63, 3.8) is 0 Å². The summed E-state index contributed by atoms with van der Waals surface area (Å²) in [4.78, 5) is 4.43. The van der Waals surface area contributed by atoms with E-state index in [-0.39, 0.29) is 0 Å². The van der Waals surface area contributed by atoms with Gasteiger partial charge in [-0.25, -0.2) is 0 Å². The van der Waals surface area contributed by atoms with E-state index < -0.39 is 0 Å². The number of aromatic nitrogens is 1. The number of benzene rings is 2. The summed E-state index contributed by atoms with van der Waals surface area (Å²) in [6.07, 6.45) is 1.83. The van der Waals surface area contributed by atoms with E-state index in [0.717, 1.165) is 11.3 Å². The van der Waals surface area contributed by atoms with Gasteiger partial charge in [-0.15, -0.1) is 0 Å². The van der Waals surface area contributed by atoms with E-state index in [9.17, 15) is 0 Å². The Morgan fingerprint density at radius 3 is 2.42 bits per heavy atom. The molecule has 0 spiro atoms. The largest absolute Gasteiger partial charge is 0.256 e. The van der Waals surface area contributed by atoms with Gasteiger partial charge in [0.25, 0.3) is 0 Å². The van der Waals surface area contributed by atoms with Gasteiger partial charge in [-0.2, -0.15) is 0 Å². The summed E-state index contributed by atoms with van der Waals surface area (Å²) in [6.45, 7) is 2.13. The van der Waals surface area contributed by atoms with Crippen molar-refractivity contribution in [2.45, 2.75) is 6.92 Å². The van der Waals surface area contributed by atoms with Crippen molar-refractivity contribution in [3.05, 3.63) is 78.5 Å². The van der Waals surface area contributed by atoms with Gasteiger partial charge in [0.05, 0.1) is 5.69 Å². The van der Waals surface area contributed by atoms with Gasteiger partial charge in [-0.3, -0.25) is 4.98 Å². The molecular weight excluding hydrogens is 230 g/mol. The van der Waals surface area contributed by atoms with Crippen molar-refractivity contribution in [2.24, 2.45) is 0 Å². The molecule has 0 aliphatic carbocycles. The van der Waals surface area contributed by atoms with E-state index in [1.807, 2.05) is 36.5 Å². The lowest BCUT2D eigenvalue weighted by atomic mass is 9.95. The third-order valence-corrected chi connectivity index (χ3v) is 3.26. The highest BCUT2D eigenvalue weighted by atomic mass is 14.7. The lowest BCUT2D eigenvalue weighted by Crippen LogP contribution is -1.90. The van der Waals surface area contributed by atoms with Crippen molar-refractivity contribution in [1.82, 2.24) is 4.98 Å². The molecular formula is C18H14N. The van der Waals surface area contributed by atoms with Crippen LogP contribution < -0.4 is 0 Å². The molecule has 2 aromatic carbocycles. The highest BCUT2D eigenvalue weighted by Crippen LogP contribution is 2.29.